The zero-order valence-electron chi connectivity index (χ0n) is 15.4. The minimum absolute atomic E-state index is 0.00182. The second-order valence-corrected chi connectivity index (χ2v) is 10.4. The minimum atomic E-state index is -0.401. The molecule has 1 aliphatic heterocycles. The average Bonchev–Trinajstić information content (AvgIpc) is 3.49. The van der Waals surface area contributed by atoms with Crippen LogP contribution in [-0.2, 0) is 0 Å². The summed E-state index contributed by atoms with van der Waals surface area (Å²) in [5.74, 6) is 3.66. The summed E-state index contributed by atoms with van der Waals surface area (Å²) in [7, 11) is 0. The van der Waals surface area contributed by atoms with Crippen molar-refractivity contribution in [2.24, 2.45) is 17.8 Å². The molecule has 1 N–H and O–H groups in total. The number of furan rings is 1. The van der Waals surface area contributed by atoms with E-state index in [0.29, 0.717) is 22.8 Å². The molecule has 3 aromatic rings. The molecule has 2 fully saturated rings. The van der Waals surface area contributed by atoms with E-state index in [4.69, 9.17) is 4.42 Å². The summed E-state index contributed by atoms with van der Waals surface area (Å²) in [6.07, 6.45) is 3.85. The van der Waals surface area contributed by atoms with Gasteiger partial charge in [-0.3, -0.25) is 14.9 Å². The number of hydrogen-bond donors (Lipinski definition) is 1. The number of thioether (sulfide) groups is 1. The molecular formula is C21H18N2O4S2. The first-order chi connectivity index (χ1) is 14.1. The lowest BCUT2D eigenvalue weighted by atomic mass is 9.77. The molecule has 6 rings (SSSR count). The molecule has 148 valence electrons. The number of nitro groups is 1. The fourth-order valence-electron chi connectivity index (χ4n) is 5.59. The van der Waals surface area contributed by atoms with Crippen LogP contribution >= 0.6 is 23.1 Å². The molecule has 0 unspecified atom stereocenters. The Morgan fingerprint density at radius 3 is 2.69 bits per heavy atom. The van der Waals surface area contributed by atoms with Crippen molar-refractivity contribution >= 4 is 28.8 Å². The van der Waals surface area contributed by atoms with E-state index in [0.717, 1.165) is 27.1 Å². The van der Waals surface area contributed by atoms with Crippen molar-refractivity contribution in [2.75, 3.05) is 0 Å². The van der Waals surface area contributed by atoms with Gasteiger partial charge in [0, 0.05) is 22.9 Å². The summed E-state index contributed by atoms with van der Waals surface area (Å²) < 4.78 is 6.30. The molecule has 2 aromatic heterocycles. The number of fused-ring (bicyclic) bond motifs is 6. The van der Waals surface area contributed by atoms with Crippen LogP contribution in [0.25, 0.3) is 11.3 Å². The second kappa shape index (κ2) is 6.34. The van der Waals surface area contributed by atoms with E-state index in [-0.39, 0.29) is 16.5 Å². The molecular weight excluding hydrogens is 408 g/mol. The molecule has 5 atom stereocenters. The topological polar surface area (TPSA) is 89.1 Å². The van der Waals surface area contributed by atoms with E-state index in [1.54, 1.807) is 12.1 Å². The van der Waals surface area contributed by atoms with Crippen LogP contribution in [0.2, 0.25) is 0 Å². The van der Waals surface area contributed by atoms with E-state index >= 15 is 0 Å². The first-order valence-electron chi connectivity index (χ1n) is 9.82. The number of aromatic amines is 1. The van der Waals surface area contributed by atoms with Gasteiger partial charge in [0.15, 0.2) is 0 Å². The highest BCUT2D eigenvalue weighted by atomic mass is 32.2. The number of rotatable bonds is 3. The van der Waals surface area contributed by atoms with Crippen LogP contribution in [0.4, 0.5) is 5.69 Å². The van der Waals surface area contributed by atoms with Gasteiger partial charge < -0.3 is 9.40 Å². The molecule has 2 saturated carbocycles. The molecule has 0 amide bonds. The third kappa shape index (κ3) is 2.65. The Hall–Kier alpha value is -2.32. The number of H-pyrrole nitrogens is 1. The zero-order valence-corrected chi connectivity index (χ0v) is 17.0. The largest absolute Gasteiger partial charge is 0.460 e. The zero-order chi connectivity index (χ0) is 19.7. The molecule has 2 bridgehead atoms. The van der Waals surface area contributed by atoms with Crippen LogP contribution in [0.5, 0.6) is 0 Å². The van der Waals surface area contributed by atoms with Gasteiger partial charge in [0.1, 0.15) is 11.5 Å². The molecule has 1 aromatic carbocycles. The van der Waals surface area contributed by atoms with E-state index in [2.05, 4.69) is 4.98 Å². The summed E-state index contributed by atoms with van der Waals surface area (Å²) in [4.78, 5) is 26.8. The number of aromatic nitrogens is 1. The summed E-state index contributed by atoms with van der Waals surface area (Å²) in [5.41, 5.74) is 0.885. The van der Waals surface area contributed by atoms with Crippen molar-refractivity contribution in [1.29, 1.82) is 0 Å². The van der Waals surface area contributed by atoms with Crippen LogP contribution in [0, 0.1) is 27.9 Å². The van der Waals surface area contributed by atoms with Gasteiger partial charge in [-0.25, -0.2) is 0 Å². The third-order valence-electron chi connectivity index (χ3n) is 6.76. The Labute approximate surface area is 174 Å². The lowest BCUT2D eigenvalue weighted by molar-refractivity contribution is -0.384. The van der Waals surface area contributed by atoms with Gasteiger partial charge in [0.25, 0.3) is 5.69 Å². The molecule has 29 heavy (non-hydrogen) atoms. The van der Waals surface area contributed by atoms with Crippen molar-refractivity contribution < 1.29 is 9.34 Å². The molecule has 6 nitrogen and oxygen atoms in total. The van der Waals surface area contributed by atoms with E-state index < -0.39 is 4.92 Å². The molecule has 3 heterocycles. The summed E-state index contributed by atoms with van der Waals surface area (Å²) in [6, 6.07) is 10.4. The number of thiazole rings is 1. The lowest BCUT2D eigenvalue weighted by Gasteiger charge is -2.38. The van der Waals surface area contributed by atoms with Gasteiger partial charge in [-0.1, -0.05) is 11.3 Å². The monoisotopic (exact) mass is 426 g/mol. The van der Waals surface area contributed by atoms with E-state index in [1.165, 1.54) is 42.7 Å². The van der Waals surface area contributed by atoms with Crippen LogP contribution in [0.1, 0.15) is 35.8 Å². The fourth-order valence-corrected chi connectivity index (χ4v) is 8.46. The quantitative estimate of drug-likeness (QED) is 0.456. The highest BCUT2D eigenvalue weighted by molar-refractivity contribution is 8.00. The number of nitro benzene ring substituents is 1. The molecule has 8 heteroatoms. The highest BCUT2D eigenvalue weighted by Crippen LogP contribution is 2.63. The maximum absolute atomic E-state index is 12.1. The van der Waals surface area contributed by atoms with Crippen molar-refractivity contribution in [3.05, 3.63) is 66.8 Å². The fraction of sp³-hybridized carbons (Fsp3) is 0.381. The smallest absolute Gasteiger partial charge is 0.305 e. The Bertz CT molecular complexity index is 1160. The molecule has 3 aliphatic rings. The standard InChI is InChI=1S/C21H18N2O4S2/c24-21-22-20-19(29-21)17(16-11-1-2-12(9-11)18(16)28-20)15-8-7-14(27-15)10-3-5-13(6-4-10)23(25)26/h3-8,11-12,16-18H,1-2,9H2,(H,22,24)/t11-,12-,16-,17+,18+/m1/s1. The van der Waals surface area contributed by atoms with Gasteiger partial charge in [-0.15, -0.1) is 11.8 Å². The van der Waals surface area contributed by atoms with Crippen LogP contribution in [0.3, 0.4) is 0 Å². The molecule has 0 radical (unpaired) electrons. The first-order valence-corrected chi connectivity index (χ1v) is 11.5. The van der Waals surface area contributed by atoms with Gasteiger partial charge in [0.2, 0.25) is 0 Å². The van der Waals surface area contributed by atoms with Gasteiger partial charge >= 0.3 is 4.87 Å². The Kier molecular flexibility index (Phi) is 3.83. The summed E-state index contributed by atoms with van der Waals surface area (Å²) in [5, 5.41) is 12.5. The Morgan fingerprint density at radius 1 is 1.10 bits per heavy atom. The third-order valence-corrected chi connectivity index (χ3v) is 9.38. The van der Waals surface area contributed by atoms with Crippen molar-refractivity contribution in [3.63, 3.8) is 0 Å². The maximum atomic E-state index is 12.1. The summed E-state index contributed by atoms with van der Waals surface area (Å²) >= 11 is 3.18. The van der Waals surface area contributed by atoms with E-state index in [9.17, 15) is 14.9 Å². The maximum Gasteiger partial charge on any atom is 0.305 e. The van der Waals surface area contributed by atoms with Gasteiger partial charge in [-0.05, 0) is 61.3 Å². The predicted octanol–water partition coefficient (Wildman–Crippen LogP) is 5.26. The minimum Gasteiger partial charge on any atom is -0.460 e. The number of benzene rings is 1. The number of nitrogens with one attached hydrogen (secondary N) is 1. The van der Waals surface area contributed by atoms with Gasteiger partial charge in [-0.2, -0.15) is 0 Å². The molecule has 0 spiro atoms. The van der Waals surface area contributed by atoms with Crippen molar-refractivity contribution in [2.45, 2.75) is 35.5 Å². The number of non-ortho nitro benzene ring substituents is 1. The first kappa shape index (κ1) is 17.5. The van der Waals surface area contributed by atoms with E-state index in [1.807, 2.05) is 23.9 Å². The summed E-state index contributed by atoms with van der Waals surface area (Å²) in [6.45, 7) is 0. The SMILES string of the molecule is O=c1[nH]c2c(s1)[C@@H](c1ccc(-c3ccc([N+](=O)[O-])cc3)o1)[C@H]1[C@@H]3CC[C@H](C3)[C@@H]1S2. The lowest BCUT2D eigenvalue weighted by Crippen LogP contribution is -2.33. The van der Waals surface area contributed by atoms with Gasteiger partial charge in [0.05, 0.1) is 20.7 Å². The Morgan fingerprint density at radius 2 is 1.90 bits per heavy atom. The second-order valence-electron chi connectivity index (χ2n) is 8.18. The molecule has 0 saturated heterocycles. The average molecular weight is 427 g/mol. The van der Waals surface area contributed by atoms with Crippen molar-refractivity contribution in [1.82, 2.24) is 4.98 Å². The number of hydrogen-bond acceptors (Lipinski definition) is 6. The normalized spacial score (nSPS) is 29.6. The molecule has 2 aliphatic carbocycles. The van der Waals surface area contributed by atoms with Crippen LogP contribution < -0.4 is 4.87 Å². The highest BCUT2D eigenvalue weighted by Gasteiger charge is 2.55. The van der Waals surface area contributed by atoms with Crippen LogP contribution in [-0.4, -0.2) is 15.2 Å². The Balaban J connectivity index is 1.41. The van der Waals surface area contributed by atoms with Crippen molar-refractivity contribution in [3.8, 4) is 11.3 Å². The van der Waals surface area contributed by atoms with Crippen LogP contribution in [0.15, 0.2) is 50.6 Å². The number of nitrogens with zero attached hydrogens (tertiary/aromatic N) is 1. The predicted molar refractivity (Wildman–Crippen MR) is 112 cm³/mol.